The van der Waals surface area contributed by atoms with Gasteiger partial charge in [-0.25, -0.2) is 8.42 Å². The van der Waals surface area contributed by atoms with E-state index in [2.05, 4.69) is 9.71 Å². The van der Waals surface area contributed by atoms with Crippen LogP contribution >= 0.6 is 0 Å². The first-order valence-electron chi connectivity index (χ1n) is 8.73. The highest BCUT2D eigenvalue weighted by molar-refractivity contribution is 7.92. The molecule has 0 saturated carbocycles. The fourth-order valence-corrected chi connectivity index (χ4v) is 3.87. The van der Waals surface area contributed by atoms with E-state index in [9.17, 15) is 18.5 Å². The molecule has 3 aromatic rings. The van der Waals surface area contributed by atoms with Crippen molar-refractivity contribution in [2.24, 2.45) is 4.99 Å². The SMILES string of the molecule is Cc1cc(C)cc(NS(=O)(=O)c2ccc(N=Cc3cccc([N+](=O)[O-])c3)cc2)c1. The molecule has 3 rings (SSSR count). The summed E-state index contributed by atoms with van der Waals surface area (Å²) in [4.78, 5) is 14.7. The van der Waals surface area contributed by atoms with Crippen molar-refractivity contribution in [2.75, 3.05) is 4.72 Å². The number of nitrogens with one attached hydrogen (secondary N) is 1. The molecule has 0 aromatic heterocycles. The number of non-ortho nitro benzene ring substituents is 1. The molecule has 0 unspecified atom stereocenters. The van der Waals surface area contributed by atoms with Gasteiger partial charge in [-0.1, -0.05) is 18.2 Å². The van der Waals surface area contributed by atoms with Crippen molar-refractivity contribution in [1.29, 1.82) is 0 Å². The molecule has 29 heavy (non-hydrogen) atoms. The Balaban J connectivity index is 1.77. The Bertz CT molecular complexity index is 1170. The zero-order valence-electron chi connectivity index (χ0n) is 15.9. The summed E-state index contributed by atoms with van der Waals surface area (Å²) in [6, 6.07) is 17.7. The van der Waals surface area contributed by atoms with Crippen LogP contribution < -0.4 is 4.72 Å². The molecule has 0 aliphatic rings. The summed E-state index contributed by atoms with van der Waals surface area (Å²) in [5, 5.41) is 10.8. The topological polar surface area (TPSA) is 102 Å². The highest BCUT2D eigenvalue weighted by atomic mass is 32.2. The predicted molar refractivity (Wildman–Crippen MR) is 114 cm³/mol. The maximum absolute atomic E-state index is 12.6. The molecular formula is C21H19N3O4S. The fraction of sp³-hybridized carbons (Fsp3) is 0.0952. The molecule has 0 bridgehead atoms. The van der Waals surface area contributed by atoms with Crippen LogP contribution in [0, 0.1) is 24.0 Å². The number of nitro groups is 1. The maximum atomic E-state index is 12.6. The predicted octanol–water partition coefficient (Wildman–Crippen LogP) is 4.76. The lowest BCUT2D eigenvalue weighted by Crippen LogP contribution is -2.13. The Morgan fingerprint density at radius 1 is 0.966 bits per heavy atom. The number of hydrogen-bond donors (Lipinski definition) is 1. The Morgan fingerprint density at radius 2 is 1.62 bits per heavy atom. The summed E-state index contributed by atoms with van der Waals surface area (Å²) in [6.07, 6.45) is 1.49. The van der Waals surface area contributed by atoms with E-state index in [-0.39, 0.29) is 10.6 Å². The summed E-state index contributed by atoms with van der Waals surface area (Å²) < 4.78 is 27.8. The number of sulfonamides is 1. The van der Waals surface area contributed by atoms with Crippen LogP contribution in [-0.2, 0) is 10.0 Å². The summed E-state index contributed by atoms with van der Waals surface area (Å²) in [6.45, 7) is 3.80. The van der Waals surface area contributed by atoms with Gasteiger partial charge in [-0.05, 0) is 66.9 Å². The zero-order valence-corrected chi connectivity index (χ0v) is 16.7. The Labute approximate surface area is 168 Å². The first kappa shape index (κ1) is 20.2. The quantitative estimate of drug-likeness (QED) is 0.360. The van der Waals surface area contributed by atoms with Gasteiger partial charge in [-0.2, -0.15) is 0 Å². The maximum Gasteiger partial charge on any atom is 0.270 e. The third-order valence-electron chi connectivity index (χ3n) is 4.06. The van der Waals surface area contributed by atoms with Crippen LogP contribution in [0.25, 0.3) is 0 Å². The number of hydrogen-bond acceptors (Lipinski definition) is 5. The van der Waals surface area contributed by atoms with Gasteiger partial charge in [0.2, 0.25) is 0 Å². The number of rotatable bonds is 6. The standard InChI is InChI=1S/C21H19N3O4S/c1-15-10-16(2)12-19(11-15)23-29(27,28)21-8-6-18(7-9-21)22-14-17-4-3-5-20(13-17)24(25)26/h3-14,23H,1-2H3. The Hall–Kier alpha value is -3.52. The smallest absolute Gasteiger partial charge is 0.270 e. The first-order chi connectivity index (χ1) is 13.7. The molecule has 0 aliphatic carbocycles. The van der Waals surface area contributed by atoms with Gasteiger partial charge in [0, 0.05) is 24.0 Å². The summed E-state index contributed by atoms with van der Waals surface area (Å²) in [7, 11) is -3.72. The number of aryl methyl sites for hydroxylation is 2. The van der Waals surface area contributed by atoms with E-state index in [0.717, 1.165) is 11.1 Å². The van der Waals surface area contributed by atoms with Gasteiger partial charge in [0.1, 0.15) is 0 Å². The summed E-state index contributed by atoms with van der Waals surface area (Å²) in [5.41, 5.74) is 3.53. The van der Waals surface area contributed by atoms with Gasteiger partial charge in [0.25, 0.3) is 15.7 Å². The van der Waals surface area contributed by atoms with Gasteiger partial charge >= 0.3 is 0 Å². The molecular weight excluding hydrogens is 390 g/mol. The zero-order chi connectivity index (χ0) is 21.0. The molecule has 0 aliphatic heterocycles. The lowest BCUT2D eigenvalue weighted by Gasteiger charge is -2.10. The third kappa shape index (κ3) is 5.26. The van der Waals surface area contributed by atoms with Crippen LogP contribution in [-0.4, -0.2) is 19.6 Å². The molecule has 0 radical (unpaired) electrons. The van der Waals surface area contributed by atoms with Crippen molar-refractivity contribution in [2.45, 2.75) is 18.7 Å². The van der Waals surface area contributed by atoms with Crippen LogP contribution in [0.2, 0.25) is 0 Å². The minimum atomic E-state index is -3.72. The van der Waals surface area contributed by atoms with Crippen LogP contribution in [0.4, 0.5) is 17.1 Å². The average Bonchev–Trinajstić information content (AvgIpc) is 2.65. The largest absolute Gasteiger partial charge is 0.280 e. The van der Waals surface area contributed by atoms with E-state index in [1.807, 2.05) is 19.9 Å². The number of nitrogens with zero attached hydrogens (tertiary/aromatic N) is 2. The molecule has 0 heterocycles. The highest BCUT2D eigenvalue weighted by Gasteiger charge is 2.14. The van der Waals surface area contributed by atoms with E-state index >= 15 is 0 Å². The Kier molecular flexibility index (Phi) is 5.74. The van der Waals surface area contributed by atoms with Crippen LogP contribution in [0.5, 0.6) is 0 Å². The van der Waals surface area contributed by atoms with Crippen molar-refractivity contribution >= 4 is 33.3 Å². The molecule has 148 valence electrons. The number of nitro benzene ring substituents is 1. The lowest BCUT2D eigenvalue weighted by molar-refractivity contribution is -0.384. The molecule has 0 spiro atoms. The van der Waals surface area contributed by atoms with Crippen molar-refractivity contribution < 1.29 is 13.3 Å². The monoisotopic (exact) mass is 409 g/mol. The minimum absolute atomic E-state index is 0.0205. The van der Waals surface area contributed by atoms with Crippen molar-refractivity contribution in [3.05, 3.63) is 93.5 Å². The molecule has 0 amide bonds. The van der Waals surface area contributed by atoms with Crippen LogP contribution in [0.15, 0.2) is 76.6 Å². The minimum Gasteiger partial charge on any atom is -0.280 e. The normalized spacial score (nSPS) is 11.5. The van der Waals surface area contributed by atoms with Crippen LogP contribution in [0.1, 0.15) is 16.7 Å². The second-order valence-electron chi connectivity index (χ2n) is 6.59. The van der Waals surface area contributed by atoms with Gasteiger partial charge in [0.05, 0.1) is 15.5 Å². The molecule has 3 aromatic carbocycles. The van der Waals surface area contributed by atoms with E-state index in [4.69, 9.17) is 0 Å². The lowest BCUT2D eigenvalue weighted by atomic mass is 10.1. The molecule has 8 heteroatoms. The molecule has 1 N–H and O–H groups in total. The summed E-state index contributed by atoms with van der Waals surface area (Å²) >= 11 is 0. The number of aliphatic imine (C=N–C) groups is 1. The first-order valence-corrected chi connectivity index (χ1v) is 10.2. The highest BCUT2D eigenvalue weighted by Crippen LogP contribution is 2.21. The van der Waals surface area contributed by atoms with E-state index in [0.29, 0.717) is 16.9 Å². The fourth-order valence-electron chi connectivity index (χ4n) is 2.83. The van der Waals surface area contributed by atoms with Crippen molar-refractivity contribution in [1.82, 2.24) is 0 Å². The van der Waals surface area contributed by atoms with Gasteiger partial charge in [0.15, 0.2) is 0 Å². The Morgan fingerprint density at radius 3 is 2.24 bits per heavy atom. The molecule has 0 saturated heterocycles. The van der Waals surface area contributed by atoms with Gasteiger partial charge in [-0.15, -0.1) is 0 Å². The van der Waals surface area contributed by atoms with Crippen molar-refractivity contribution in [3.8, 4) is 0 Å². The van der Waals surface area contributed by atoms with Gasteiger partial charge in [-0.3, -0.25) is 19.8 Å². The summed E-state index contributed by atoms with van der Waals surface area (Å²) in [5.74, 6) is 0. The molecule has 7 nitrogen and oxygen atoms in total. The third-order valence-corrected chi connectivity index (χ3v) is 5.46. The van der Waals surface area contributed by atoms with Gasteiger partial charge < -0.3 is 0 Å². The van der Waals surface area contributed by atoms with Crippen LogP contribution in [0.3, 0.4) is 0 Å². The van der Waals surface area contributed by atoms with E-state index < -0.39 is 14.9 Å². The van der Waals surface area contributed by atoms with Crippen molar-refractivity contribution in [3.63, 3.8) is 0 Å². The van der Waals surface area contributed by atoms with E-state index in [1.165, 1.54) is 30.5 Å². The van der Waals surface area contributed by atoms with E-state index in [1.54, 1.807) is 36.4 Å². The second-order valence-corrected chi connectivity index (χ2v) is 8.27. The average molecular weight is 409 g/mol. The number of benzene rings is 3. The molecule has 0 atom stereocenters. The molecule has 0 fully saturated rings. The second kappa shape index (κ2) is 8.24. The number of anilines is 1.